The van der Waals surface area contributed by atoms with Crippen molar-refractivity contribution in [1.29, 1.82) is 0 Å². The molecular weight excluding hydrogens is 321 g/mol. The maximum Gasteiger partial charge on any atom is 0.265 e. The molecule has 0 saturated heterocycles. The van der Waals surface area contributed by atoms with E-state index in [9.17, 15) is 4.79 Å². The third kappa shape index (κ3) is 2.92. The predicted octanol–water partition coefficient (Wildman–Crippen LogP) is 4.35. The highest BCUT2D eigenvalue weighted by molar-refractivity contribution is 6.35. The quantitative estimate of drug-likeness (QED) is 0.834. The lowest BCUT2D eigenvalue weighted by molar-refractivity contribution is -0.120. The van der Waals surface area contributed by atoms with Gasteiger partial charge in [0.25, 0.3) is 5.91 Å². The third-order valence-corrected chi connectivity index (χ3v) is 4.25. The minimum absolute atomic E-state index is 0.0555. The summed E-state index contributed by atoms with van der Waals surface area (Å²) in [4.78, 5) is 14.3. The van der Waals surface area contributed by atoms with E-state index < -0.39 is 0 Å². The normalized spacial score (nSPS) is 16.5. The molecular formula is C17H15Cl2NO2. The first-order chi connectivity index (χ1) is 10.6. The van der Waals surface area contributed by atoms with Crippen molar-refractivity contribution in [2.24, 2.45) is 0 Å². The van der Waals surface area contributed by atoms with Crippen molar-refractivity contribution >= 4 is 34.8 Å². The topological polar surface area (TPSA) is 29.5 Å². The lowest BCUT2D eigenvalue weighted by Gasteiger charge is -2.22. The second-order valence-electron chi connectivity index (χ2n) is 5.31. The predicted molar refractivity (Wildman–Crippen MR) is 89.1 cm³/mol. The number of rotatable bonds is 3. The molecule has 1 atom stereocenters. The van der Waals surface area contributed by atoms with Crippen LogP contribution in [0, 0.1) is 0 Å². The van der Waals surface area contributed by atoms with E-state index in [0.717, 1.165) is 12.1 Å². The van der Waals surface area contributed by atoms with Crippen LogP contribution in [0.3, 0.4) is 0 Å². The zero-order valence-corrected chi connectivity index (χ0v) is 13.6. The van der Waals surface area contributed by atoms with Gasteiger partial charge in [0.05, 0.1) is 5.02 Å². The van der Waals surface area contributed by atoms with Crippen LogP contribution < -0.4 is 9.64 Å². The Morgan fingerprint density at radius 3 is 2.82 bits per heavy atom. The molecule has 3 rings (SSSR count). The van der Waals surface area contributed by atoms with Gasteiger partial charge < -0.3 is 9.64 Å². The van der Waals surface area contributed by atoms with Crippen LogP contribution in [0.2, 0.25) is 10.0 Å². The molecule has 0 saturated carbocycles. The molecule has 22 heavy (non-hydrogen) atoms. The molecule has 2 aromatic rings. The molecule has 1 heterocycles. The smallest absolute Gasteiger partial charge is 0.265 e. The first kappa shape index (κ1) is 15.2. The van der Waals surface area contributed by atoms with Gasteiger partial charge in [0.1, 0.15) is 5.75 Å². The van der Waals surface area contributed by atoms with Crippen LogP contribution in [0.4, 0.5) is 5.69 Å². The van der Waals surface area contributed by atoms with E-state index in [1.54, 1.807) is 23.1 Å². The molecule has 2 aromatic carbocycles. The van der Waals surface area contributed by atoms with E-state index in [1.807, 2.05) is 25.1 Å². The molecule has 0 spiro atoms. The monoisotopic (exact) mass is 335 g/mol. The van der Waals surface area contributed by atoms with Crippen molar-refractivity contribution in [3.63, 3.8) is 0 Å². The number of carbonyl (C=O) groups excluding carboxylic acids is 1. The summed E-state index contributed by atoms with van der Waals surface area (Å²) < 4.78 is 5.55. The summed E-state index contributed by atoms with van der Waals surface area (Å²) in [5, 5.41) is 0.931. The van der Waals surface area contributed by atoms with Crippen molar-refractivity contribution in [2.45, 2.75) is 19.4 Å². The number of carbonyl (C=O) groups is 1. The summed E-state index contributed by atoms with van der Waals surface area (Å²) in [5.41, 5.74) is 2.15. The van der Waals surface area contributed by atoms with E-state index in [2.05, 4.69) is 6.07 Å². The molecule has 0 N–H and O–H groups in total. The number of ether oxygens (including phenoxy) is 1. The average molecular weight is 336 g/mol. The molecule has 1 aliphatic heterocycles. The molecule has 0 aromatic heterocycles. The highest BCUT2D eigenvalue weighted by Crippen LogP contribution is 2.32. The number of nitrogens with zero attached hydrogens (tertiary/aromatic N) is 1. The Kier molecular flexibility index (Phi) is 4.27. The van der Waals surface area contributed by atoms with Crippen LogP contribution in [-0.2, 0) is 11.2 Å². The summed E-state index contributed by atoms with van der Waals surface area (Å²) in [6.45, 7) is 1.98. The van der Waals surface area contributed by atoms with Gasteiger partial charge in [-0.15, -0.1) is 0 Å². The Labute approximate surface area is 139 Å². The molecule has 0 fully saturated rings. The number of para-hydroxylation sites is 1. The van der Waals surface area contributed by atoms with E-state index >= 15 is 0 Å². The van der Waals surface area contributed by atoms with Gasteiger partial charge in [-0.3, -0.25) is 4.79 Å². The number of benzene rings is 2. The Bertz CT molecular complexity index is 718. The molecule has 1 aliphatic rings. The fourth-order valence-electron chi connectivity index (χ4n) is 2.75. The van der Waals surface area contributed by atoms with Crippen LogP contribution >= 0.6 is 23.2 Å². The Balaban J connectivity index is 1.72. The largest absolute Gasteiger partial charge is 0.482 e. The summed E-state index contributed by atoms with van der Waals surface area (Å²) in [6.07, 6.45) is 0.865. The second kappa shape index (κ2) is 6.19. The summed E-state index contributed by atoms with van der Waals surface area (Å²) in [6, 6.07) is 13.0. The van der Waals surface area contributed by atoms with Gasteiger partial charge in [0.2, 0.25) is 0 Å². The van der Waals surface area contributed by atoms with Crippen LogP contribution in [0.25, 0.3) is 0 Å². The molecule has 5 heteroatoms. The molecule has 3 nitrogen and oxygen atoms in total. The minimum atomic E-state index is -0.0801. The van der Waals surface area contributed by atoms with E-state index in [-0.39, 0.29) is 18.6 Å². The van der Waals surface area contributed by atoms with Crippen molar-refractivity contribution in [1.82, 2.24) is 0 Å². The van der Waals surface area contributed by atoms with Gasteiger partial charge in [-0.05, 0) is 43.2 Å². The summed E-state index contributed by atoms with van der Waals surface area (Å²) in [5.74, 6) is 0.378. The van der Waals surface area contributed by atoms with Crippen LogP contribution in [0.15, 0.2) is 42.5 Å². The highest BCUT2D eigenvalue weighted by atomic mass is 35.5. The van der Waals surface area contributed by atoms with Gasteiger partial charge in [0.15, 0.2) is 6.61 Å². The number of amides is 1. The average Bonchev–Trinajstić information content (AvgIpc) is 2.82. The lowest BCUT2D eigenvalue weighted by Crippen LogP contribution is -2.39. The van der Waals surface area contributed by atoms with Crippen LogP contribution in [0.5, 0.6) is 5.75 Å². The SMILES string of the molecule is C[C@H]1Cc2ccccc2N1C(=O)COc1ccc(Cl)cc1Cl. The lowest BCUT2D eigenvalue weighted by atomic mass is 10.1. The third-order valence-electron chi connectivity index (χ3n) is 3.72. The molecule has 1 amide bonds. The van der Waals surface area contributed by atoms with Gasteiger partial charge in [0, 0.05) is 16.8 Å². The van der Waals surface area contributed by atoms with E-state index in [4.69, 9.17) is 27.9 Å². The number of anilines is 1. The highest BCUT2D eigenvalue weighted by Gasteiger charge is 2.30. The van der Waals surface area contributed by atoms with E-state index in [1.165, 1.54) is 5.56 Å². The number of hydrogen-bond donors (Lipinski definition) is 0. The number of halogens is 2. The Morgan fingerprint density at radius 2 is 2.05 bits per heavy atom. The standard InChI is InChI=1S/C17H15Cl2NO2/c1-11-8-12-4-2-3-5-15(12)20(11)17(21)10-22-16-7-6-13(18)9-14(16)19/h2-7,9,11H,8,10H2,1H3/t11-/m0/s1. The van der Waals surface area contributed by atoms with Crippen molar-refractivity contribution in [3.8, 4) is 5.75 Å². The molecule has 0 radical (unpaired) electrons. The van der Waals surface area contributed by atoms with Gasteiger partial charge >= 0.3 is 0 Å². The molecule has 0 bridgehead atoms. The van der Waals surface area contributed by atoms with Crippen LogP contribution in [0.1, 0.15) is 12.5 Å². The molecule has 0 aliphatic carbocycles. The fourth-order valence-corrected chi connectivity index (χ4v) is 3.21. The number of fused-ring (bicyclic) bond motifs is 1. The molecule has 0 unspecified atom stereocenters. The van der Waals surface area contributed by atoms with Crippen LogP contribution in [-0.4, -0.2) is 18.6 Å². The maximum absolute atomic E-state index is 12.5. The first-order valence-electron chi connectivity index (χ1n) is 7.04. The Hall–Kier alpha value is -1.71. The summed E-state index contributed by atoms with van der Waals surface area (Å²) >= 11 is 11.9. The second-order valence-corrected chi connectivity index (χ2v) is 6.15. The van der Waals surface area contributed by atoms with E-state index in [0.29, 0.717) is 15.8 Å². The molecule has 114 valence electrons. The van der Waals surface area contributed by atoms with Crippen molar-refractivity contribution < 1.29 is 9.53 Å². The van der Waals surface area contributed by atoms with Crippen molar-refractivity contribution in [3.05, 3.63) is 58.1 Å². The summed E-state index contributed by atoms with van der Waals surface area (Å²) in [7, 11) is 0. The zero-order valence-electron chi connectivity index (χ0n) is 12.1. The Morgan fingerprint density at radius 1 is 1.27 bits per heavy atom. The van der Waals surface area contributed by atoms with Gasteiger partial charge in [-0.25, -0.2) is 0 Å². The fraction of sp³-hybridized carbons (Fsp3) is 0.235. The minimum Gasteiger partial charge on any atom is -0.482 e. The first-order valence-corrected chi connectivity index (χ1v) is 7.79. The van der Waals surface area contributed by atoms with Gasteiger partial charge in [-0.1, -0.05) is 41.4 Å². The number of hydrogen-bond acceptors (Lipinski definition) is 2. The van der Waals surface area contributed by atoms with Gasteiger partial charge in [-0.2, -0.15) is 0 Å². The maximum atomic E-state index is 12.5. The van der Waals surface area contributed by atoms with Crippen molar-refractivity contribution in [2.75, 3.05) is 11.5 Å². The zero-order chi connectivity index (χ0) is 15.7.